The first kappa shape index (κ1) is 15.2. The minimum atomic E-state index is 0.660. The molecule has 4 fully saturated rings. The molecule has 0 aromatic heterocycles. The van der Waals surface area contributed by atoms with Crippen LogP contribution < -0.4 is 5.32 Å². The molecule has 0 saturated heterocycles. The molecular formula is C18H33NS. The summed E-state index contributed by atoms with van der Waals surface area (Å²) >= 11 is 2.20. The first-order valence-corrected chi connectivity index (χ1v) is 9.86. The Kier molecular flexibility index (Phi) is 4.44. The minimum absolute atomic E-state index is 0.660. The number of rotatable bonds is 6. The van der Waals surface area contributed by atoms with Gasteiger partial charge in [0, 0.05) is 17.0 Å². The van der Waals surface area contributed by atoms with Crippen molar-refractivity contribution in [3.63, 3.8) is 0 Å². The molecule has 0 aromatic carbocycles. The largest absolute Gasteiger partial charge is 0.316 e. The Hall–Kier alpha value is 0.310. The van der Waals surface area contributed by atoms with E-state index in [2.05, 4.69) is 44.9 Å². The van der Waals surface area contributed by atoms with Gasteiger partial charge in [-0.05, 0) is 74.7 Å². The van der Waals surface area contributed by atoms with Crippen LogP contribution in [0.1, 0.15) is 59.3 Å². The van der Waals surface area contributed by atoms with Crippen LogP contribution in [0.15, 0.2) is 0 Å². The van der Waals surface area contributed by atoms with Gasteiger partial charge in [0.2, 0.25) is 0 Å². The molecule has 4 rings (SSSR count). The fraction of sp³-hybridized carbons (Fsp3) is 1.00. The maximum atomic E-state index is 3.73. The van der Waals surface area contributed by atoms with Crippen molar-refractivity contribution >= 4 is 11.8 Å². The van der Waals surface area contributed by atoms with Crippen molar-refractivity contribution in [3.8, 4) is 0 Å². The summed E-state index contributed by atoms with van der Waals surface area (Å²) in [6.45, 7) is 7.12. The highest BCUT2D eigenvalue weighted by Gasteiger charge is 2.53. The molecule has 4 aliphatic carbocycles. The summed E-state index contributed by atoms with van der Waals surface area (Å²) in [5.41, 5.74) is 0.660. The van der Waals surface area contributed by atoms with E-state index in [9.17, 15) is 0 Å². The molecular weight excluding hydrogens is 262 g/mol. The van der Waals surface area contributed by atoms with Gasteiger partial charge in [0.15, 0.2) is 0 Å². The molecule has 0 spiro atoms. The van der Waals surface area contributed by atoms with Gasteiger partial charge in [0.1, 0.15) is 0 Å². The third-order valence-corrected chi connectivity index (χ3v) is 8.23. The van der Waals surface area contributed by atoms with Gasteiger partial charge >= 0.3 is 0 Å². The molecule has 0 aliphatic heterocycles. The zero-order valence-corrected chi connectivity index (χ0v) is 14.6. The first-order valence-electron chi connectivity index (χ1n) is 8.81. The molecule has 4 aliphatic rings. The number of hydrogen-bond donors (Lipinski definition) is 1. The van der Waals surface area contributed by atoms with Crippen molar-refractivity contribution in [2.75, 3.05) is 12.8 Å². The maximum Gasteiger partial charge on any atom is 0.0212 e. The smallest absolute Gasteiger partial charge is 0.0212 e. The molecule has 1 nitrogen and oxygen atoms in total. The fourth-order valence-electron chi connectivity index (χ4n) is 5.61. The van der Waals surface area contributed by atoms with Gasteiger partial charge in [-0.15, -0.1) is 0 Å². The highest BCUT2D eigenvalue weighted by molar-refractivity contribution is 7.99. The highest BCUT2D eigenvalue weighted by Crippen LogP contribution is 2.61. The van der Waals surface area contributed by atoms with Crippen molar-refractivity contribution in [2.45, 2.75) is 70.6 Å². The summed E-state index contributed by atoms with van der Waals surface area (Å²) in [6, 6.07) is 0.752. The molecule has 4 bridgehead atoms. The standard InChI is InChI=1S/C18H33NS/c1-12(2)13(3)20-11-17(19-4)18-8-14-5-15(9-18)7-16(6-14)10-18/h12-17,19H,5-11H2,1-4H3. The fourth-order valence-corrected chi connectivity index (χ4v) is 7.01. The van der Waals surface area contributed by atoms with Crippen LogP contribution in [-0.4, -0.2) is 24.1 Å². The van der Waals surface area contributed by atoms with Gasteiger partial charge < -0.3 is 5.32 Å². The Morgan fingerprint density at radius 1 is 1.00 bits per heavy atom. The number of nitrogens with one attached hydrogen (secondary N) is 1. The van der Waals surface area contributed by atoms with E-state index < -0.39 is 0 Å². The summed E-state index contributed by atoms with van der Waals surface area (Å²) in [4.78, 5) is 0. The Morgan fingerprint density at radius 2 is 1.50 bits per heavy atom. The van der Waals surface area contributed by atoms with E-state index in [0.29, 0.717) is 5.41 Å². The van der Waals surface area contributed by atoms with Gasteiger partial charge in [-0.25, -0.2) is 0 Å². The maximum absolute atomic E-state index is 3.73. The second-order valence-corrected chi connectivity index (χ2v) is 9.81. The molecule has 20 heavy (non-hydrogen) atoms. The second-order valence-electron chi connectivity index (χ2n) is 8.40. The van der Waals surface area contributed by atoms with Crippen LogP contribution in [0.4, 0.5) is 0 Å². The van der Waals surface area contributed by atoms with E-state index in [4.69, 9.17) is 0 Å². The van der Waals surface area contributed by atoms with Crippen molar-refractivity contribution in [1.29, 1.82) is 0 Å². The topological polar surface area (TPSA) is 12.0 Å². The molecule has 2 heteroatoms. The Balaban J connectivity index is 1.66. The van der Waals surface area contributed by atoms with E-state index in [-0.39, 0.29) is 0 Å². The summed E-state index contributed by atoms with van der Waals surface area (Å²) < 4.78 is 0. The minimum Gasteiger partial charge on any atom is -0.316 e. The SMILES string of the molecule is CNC(CSC(C)C(C)C)C12CC3CC(CC(C3)C1)C2. The number of thioether (sulfide) groups is 1. The Bertz CT molecular complexity index is 303. The average Bonchev–Trinajstić information content (AvgIpc) is 2.37. The van der Waals surface area contributed by atoms with Gasteiger partial charge in [0.25, 0.3) is 0 Å². The van der Waals surface area contributed by atoms with Gasteiger partial charge in [-0.2, -0.15) is 11.8 Å². The van der Waals surface area contributed by atoms with Crippen LogP contribution in [0.2, 0.25) is 0 Å². The third-order valence-electron chi connectivity index (χ3n) is 6.64. The van der Waals surface area contributed by atoms with Crippen LogP contribution in [0, 0.1) is 29.1 Å². The van der Waals surface area contributed by atoms with Crippen LogP contribution in [-0.2, 0) is 0 Å². The van der Waals surface area contributed by atoms with Crippen molar-refractivity contribution in [2.24, 2.45) is 29.1 Å². The third kappa shape index (κ3) is 2.79. The van der Waals surface area contributed by atoms with E-state index >= 15 is 0 Å². The monoisotopic (exact) mass is 295 g/mol. The lowest BCUT2D eigenvalue weighted by atomic mass is 9.48. The molecule has 2 atom stereocenters. The Labute approximate surface area is 130 Å². The van der Waals surface area contributed by atoms with Crippen LogP contribution >= 0.6 is 11.8 Å². The van der Waals surface area contributed by atoms with E-state index in [1.54, 1.807) is 19.3 Å². The quantitative estimate of drug-likeness (QED) is 0.770. The molecule has 0 aromatic rings. The lowest BCUT2D eigenvalue weighted by molar-refractivity contribution is -0.0682. The molecule has 116 valence electrons. The molecule has 0 radical (unpaired) electrons. The molecule has 2 unspecified atom stereocenters. The zero-order chi connectivity index (χ0) is 14.3. The van der Waals surface area contributed by atoms with Crippen molar-refractivity contribution in [1.82, 2.24) is 5.32 Å². The highest BCUT2D eigenvalue weighted by atomic mass is 32.2. The van der Waals surface area contributed by atoms with Crippen LogP contribution in [0.5, 0.6) is 0 Å². The molecule has 0 amide bonds. The number of hydrogen-bond acceptors (Lipinski definition) is 2. The lowest BCUT2D eigenvalue weighted by Crippen LogP contribution is -2.56. The summed E-state index contributed by atoms with van der Waals surface area (Å²) in [6.07, 6.45) is 9.27. The summed E-state index contributed by atoms with van der Waals surface area (Å²) in [7, 11) is 2.21. The Morgan fingerprint density at radius 3 is 1.90 bits per heavy atom. The van der Waals surface area contributed by atoms with Crippen LogP contribution in [0.3, 0.4) is 0 Å². The van der Waals surface area contributed by atoms with E-state index in [1.807, 2.05) is 0 Å². The van der Waals surface area contributed by atoms with Crippen molar-refractivity contribution in [3.05, 3.63) is 0 Å². The summed E-state index contributed by atoms with van der Waals surface area (Å²) in [5, 5.41) is 4.52. The van der Waals surface area contributed by atoms with Crippen LogP contribution in [0.25, 0.3) is 0 Å². The van der Waals surface area contributed by atoms with Gasteiger partial charge in [0.05, 0.1) is 0 Å². The second kappa shape index (κ2) is 5.83. The normalized spacial score (nSPS) is 42.1. The van der Waals surface area contributed by atoms with Gasteiger partial charge in [-0.1, -0.05) is 20.8 Å². The average molecular weight is 296 g/mol. The summed E-state index contributed by atoms with van der Waals surface area (Å²) in [5.74, 6) is 5.34. The molecule has 0 heterocycles. The van der Waals surface area contributed by atoms with Crippen molar-refractivity contribution < 1.29 is 0 Å². The predicted molar refractivity (Wildman–Crippen MR) is 90.2 cm³/mol. The first-order chi connectivity index (χ1) is 9.52. The lowest BCUT2D eigenvalue weighted by Gasteiger charge is -2.59. The zero-order valence-electron chi connectivity index (χ0n) is 13.8. The van der Waals surface area contributed by atoms with Gasteiger partial charge in [-0.3, -0.25) is 0 Å². The molecule has 1 N–H and O–H groups in total. The van der Waals surface area contributed by atoms with E-state index in [1.165, 1.54) is 25.0 Å². The predicted octanol–water partition coefficient (Wildman–Crippen LogP) is 4.57. The molecule has 4 saturated carbocycles. The van der Waals surface area contributed by atoms with E-state index in [0.717, 1.165) is 35.0 Å².